The van der Waals surface area contributed by atoms with E-state index in [4.69, 9.17) is 4.74 Å². The van der Waals surface area contributed by atoms with Gasteiger partial charge in [0.2, 0.25) is 6.17 Å². The van der Waals surface area contributed by atoms with Crippen LogP contribution in [0.5, 0.6) is 0 Å². The Morgan fingerprint density at radius 3 is 2.66 bits per heavy atom. The number of imidazole rings is 1. The highest BCUT2D eigenvalue weighted by atomic mass is 19.1. The maximum Gasteiger partial charge on any atom is 0.361 e. The van der Waals surface area contributed by atoms with Crippen molar-refractivity contribution in [3.8, 4) is 0 Å². The van der Waals surface area contributed by atoms with E-state index in [-0.39, 0.29) is 18.7 Å². The first-order chi connectivity index (χ1) is 15.1. The van der Waals surface area contributed by atoms with E-state index in [2.05, 4.69) is 20.0 Å². The average Bonchev–Trinajstić information content (AvgIpc) is 3.33. The summed E-state index contributed by atoms with van der Waals surface area (Å²) < 4.78 is 27.5. The van der Waals surface area contributed by atoms with Crippen molar-refractivity contribution >= 4 is 17.6 Å². The van der Waals surface area contributed by atoms with Gasteiger partial charge in [-0.25, -0.2) is 23.6 Å². The molecule has 0 radical (unpaired) electrons. The van der Waals surface area contributed by atoms with Crippen molar-refractivity contribution < 1.29 is 23.5 Å². The molecular weight excluding hydrogens is 417 g/mol. The molecule has 1 aliphatic rings. The van der Waals surface area contributed by atoms with Crippen LogP contribution in [0.2, 0.25) is 0 Å². The Bertz CT molecular complexity index is 1160. The normalized spacial score (nSPS) is 15.0. The van der Waals surface area contributed by atoms with E-state index in [0.29, 0.717) is 22.8 Å². The Balaban J connectivity index is 1.58. The molecule has 170 valence electrons. The molecule has 1 aliphatic carbocycles. The molecule has 0 spiro atoms. The van der Waals surface area contributed by atoms with Crippen LogP contribution < -0.4 is 0 Å². The molecule has 4 rings (SSSR count). The number of hydrogen-bond donors (Lipinski definition) is 0. The van der Waals surface area contributed by atoms with Gasteiger partial charge in [0.15, 0.2) is 5.69 Å². The summed E-state index contributed by atoms with van der Waals surface area (Å²) in [5, 5.41) is 7.87. The Morgan fingerprint density at radius 1 is 1.25 bits per heavy atom. The summed E-state index contributed by atoms with van der Waals surface area (Å²) in [6.45, 7) is 5.61. The highest BCUT2D eigenvalue weighted by Gasteiger charge is 2.27. The number of pyridine rings is 1. The Labute approximate surface area is 184 Å². The second kappa shape index (κ2) is 8.33. The van der Waals surface area contributed by atoms with Gasteiger partial charge in [-0.05, 0) is 50.7 Å². The minimum Gasteiger partial charge on any atom is -0.467 e. The molecule has 1 saturated carbocycles. The van der Waals surface area contributed by atoms with Gasteiger partial charge in [-0.2, -0.15) is 0 Å². The van der Waals surface area contributed by atoms with E-state index < -0.39 is 23.7 Å². The fraction of sp³-hybridized carbons (Fsp3) is 0.500. The molecular formula is C22H26FN5O4. The standard InChI is InChI=1S/C22H26FN5O4/c1-22(2,3)32-21(30)18-12-28(26-25-18)11-16-10-27-9-15(13-5-6-13)7-14(19(27)24-16)8-17(23)20(29)31-4/h7,9-10,12-13,17H,5-6,8,11H2,1-4H3. The molecule has 0 amide bonds. The predicted molar refractivity (Wildman–Crippen MR) is 112 cm³/mol. The third kappa shape index (κ3) is 4.95. The van der Waals surface area contributed by atoms with Crippen LogP contribution in [0.15, 0.2) is 24.7 Å². The molecule has 9 nitrogen and oxygen atoms in total. The fourth-order valence-electron chi connectivity index (χ4n) is 3.48. The first kappa shape index (κ1) is 21.9. The monoisotopic (exact) mass is 443 g/mol. The minimum absolute atomic E-state index is 0.110. The molecule has 32 heavy (non-hydrogen) atoms. The van der Waals surface area contributed by atoms with Crippen LogP contribution in [0.1, 0.15) is 66.8 Å². The van der Waals surface area contributed by atoms with Crippen LogP contribution in [0, 0.1) is 0 Å². The zero-order chi connectivity index (χ0) is 23.0. The summed E-state index contributed by atoms with van der Waals surface area (Å²) in [7, 11) is 1.17. The molecule has 1 unspecified atom stereocenters. The third-order valence-corrected chi connectivity index (χ3v) is 5.07. The van der Waals surface area contributed by atoms with Gasteiger partial charge in [-0.1, -0.05) is 11.3 Å². The molecule has 3 aromatic rings. The van der Waals surface area contributed by atoms with Gasteiger partial charge in [-0.3, -0.25) is 0 Å². The fourth-order valence-corrected chi connectivity index (χ4v) is 3.48. The number of fused-ring (bicyclic) bond motifs is 1. The van der Waals surface area contributed by atoms with Crippen molar-refractivity contribution in [2.75, 3.05) is 7.11 Å². The maximum atomic E-state index is 14.3. The second-order valence-electron chi connectivity index (χ2n) is 9.03. The lowest BCUT2D eigenvalue weighted by molar-refractivity contribution is -0.146. The number of carbonyl (C=O) groups excluding carboxylic acids is 2. The highest BCUT2D eigenvalue weighted by molar-refractivity contribution is 5.87. The zero-order valence-corrected chi connectivity index (χ0v) is 18.5. The van der Waals surface area contributed by atoms with Crippen molar-refractivity contribution in [2.24, 2.45) is 0 Å². The van der Waals surface area contributed by atoms with Gasteiger partial charge >= 0.3 is 11.9 Å². The Hall–Kier alpha value is -3.30. The quantitative estimate of drug-likeness (QED) is 0.518. The molecule has 10 heteroatoms. The van der Waals surface area contributed by atoms with Gasteiger partial charge < -0.3 is 13.9 Å². The lowest BCUT2D eigenvalue weighted by Crippen LogP contribution is -2.24. The summed E-state index contributed by atoms with van der Waals surface area (Å²) in [5.74, 6) is -0.997. The van der Waals surface area contributed by atoms with E-state index >= 15 is 0 Å². The molecule has 3 heterocycles. The number of alkyl halides is 1. The molecule has 0 N–H and O–H groups in total. The molecule has 0 aromatic carbocycles. The summed E-state index contributed by atoms with van der Waals surface area (Å²) in [6, 6.07) is 1.93. The molecule has 3 aromatic heterocycles. The predicted octanol–water partition coefficient (Wildman–Crippen LogP) is 2.86. The maximum absolute atomic E-state index is 14.3. The lowest BCUT2D eigenvalue weighted by Gasteiger charge is -2.18. The molecule has 1 fully saturated rings. The summed E-state index contributed by atoms with van der Waals surface area (Å²) in [5.41, 5.74) is 2.46. The van der Waals surface area contributed by atoms with E-state index in [1.807, 2.05) is 22.9 Å². The highest BCUT2D eigenvalue weighted by Crippen LogP contribution is 2.40. The molecule has 0 aliphatic heterocycles. The van der Waals surface area contributed by atoms with Crippen molar-refractivity contribution in [1.82, 2.24) is 24.4 Å². The van der Waals surface area contributed by atoms with Gasteiger partial charge in [0, 0.05) is 18.8 Å². The number of rotatable bonds is 7. The number of halogens is 1. The molecule has 0 saturated heterocycles. The Morgan fingerprint density at radius 2 is 2.00 bits per heavy atom. The topological polar surface area (TPSA) is 101 Å². The van der Waals surface area contributed by atoms with Crippen molar-refractivity contribution in [2.45, 2.75) is 64.3 Å². The van der Waals surface area contributed by atoms with E-state index in [9.17, 15) is 14.0 Å². The summed E-state index contributed by atoms with van der Waals surface area (Å²) in [6.07, 6.45) is 5.65. The summed E-state index contributed by atoms with van der Waals surface area (Å²) in [4.78, 5) is 28.4. The van der Waals surface area contributed by atoms with Gasteiger partial charge in [-0.15, -0.1) is 5.10 Å². The van der Waals surface area contributed by atoms with Crippen LogP contribution >= 0.6 is 0 Å². The number of aromatic nitrogens is 5. The SMILES string of the molecule is COC(=O)C(F)Cc1cc(C2CC2)cn2cc(Cn3cc(C(=O)OC(C)(C)C)nn3)nc12. The second-order valence-corrected chi connectivity index (χ2v) is 9.03. The van der Waals surface area contributed by atoms with Crippen LogP contribution in [-0.4, -0.2) is 55.2 Å². The van der Waals surface area contributed by atoms with Gasteiger partial charge in [0.1, 0.15) is 11.2 Å². The summed E-state index contributed by atoms with van der Waals surface area (Å²) >= 11 is 0. The number of carbonyl (C=O) groups is 2. The minimum atomic E-state index is -1.76. The molecule has 1 atom stereocenters. The number of esters is 2. The van der Waals surface area contributed by atoms with Crippen LogP contribution in [0.3, 0.4) is 0 Å². The number of ether oxygens (including phenoxy) is 2. The van der Waals surface area contributed by atoms with E-state index in [0.717, 1.165) is 18.4 Å². The first-order valence-corrected chi connectivity index (χ1v) is 10.5. The van der Waals surface area contributed by atoms with Gasteiger partial charge in [0.05, 0.1) is 25.5 Å². The number of nitrogens with zero attached hydrogens (tertiary/aromatic N) is 5. The largest absolute Gasteiger partial charge is 0.467 e. The van der Waals surface area contributed by atoms with Crippen LogP contribution in [0.25, 0.3) is 5.65 Å². The Kier molecular flexibility index (Phi) is 5.70. The molecule has 0 bridgehead atoms. The lowest BCUT2D eigenvalue weighted by atomic mass is 10.1. The van der Waals surface area contributed by atoms with Crippen molar-refractivity contribution in [3.05, 3.63) is 47.2 Å². The average molecular weight is 443 g/mol. The number of methoxy groups -OCH3 is 1. The van der Waals surface area contributed by atoms with Crippen LogP contribution in [-0.2, 0) is 27.2 Å². The number of hydrogen-bond acceptors (Lipinski definition) is 7. The first-order valence-electron chi connectivity index (χ1n) is 10.5. The third-order valence-electron chi connectivity index (χ3n) is 5.07. The smallest absolute Gasteiger partial charge is 0.361 e. The van der Waals surface area contributed by atoms with E-state index in [1.54, 1.807) is 20.8 Å². The van der Waals surface area contributed by atoms with E-state index in [1.165, 1.54) is 18.0 Å². The van der Waals surface area contributed by atoms with Crippen molar-refractivity contribution in [3.63, 3.8) is 0 Å². The van der Waals surface area contributed by atoms with Crippen molar-refractivity contribution in [1.29, 1.82) is 0 Å². The van der Waals surface area contributed by atoms with Gasteiger partial charge in [0.25, 0.3) is 0 Å². The van der Waals surface area contributed by atoms with Crippen LogP contribution in [0.4, 0.5) is 4.39 Å². The zero-order valence-electron chi connectivity index (χ0n) is 18.5.